The lowest BCUT2D eigenvalue weighted by Gasteiger charge is -2.23. The molecule has 92 valence electrons. The molecule has 0 radical (unpaired) electrons. The Morgan fingerprint density at radius 2 is 2.18 bits per heavy atom. The molecule has 1 amide bonds. The summed E-state index contributed by atoms with van der Waals surface area (Å²) in [6, 6.07) is 7.71. The number of piperidine rings is 1. The normalized spacial score (nSPS) is 16.5. The number of aryl methyl sites for hydroxylation is 1. The number of hydrogen-bond acceptors (Lipinski definition) is 3. The first kappa shape index (κ1) is 11.9. The molecule has 0 atom stereocenters. The van der Waals surface area contributed by atoms with Crippen molar-refractivity contribution in [2.24, 2.45) is 0 Å². The molecule has 1 fully saturated rings. The molecular formula is C13H18N2O2. The summed E-state index contributed by atoms with van der Waals surface area (Å²) in [7, 11) is 0. The summed E-state index contributed by atoms with van der Waals surface area (Å²) < 4.78 is 5.23. The molecule has 2 rings (SSSR count). The van der Waals surface area contributed by atoms with E-state index in [1.54, 1.807) is 6.07 Å². The highest BCUT2D eigenvalue weighted by Crippen LogP contribution is 2.12. The third kappa shape index (κ3) is 3.75. The van der Waals surface area contributed by atoms with E-state index >= 15 is 0 Å². The fourth-order valence-electron chi connectivity index (χ4n) is 1.95. The van der Waals surface area contributed by atoms with Crippen LogP contribution >= 0.6 is 0 Å². The van der Waals surface area contributed by atoms with Gasteiger partial charge in [0.05, 0.1) is 0 Å². The van der Waals surface area contributed by atoms with Crippen LogP contribution in [0.4, 0.5) is 4.79 Å². The Hall–Kier alpha value is -1.55. The zero-order valence-corrected chi connectivity index (χ0v) is 10.0. The van der Waals surface area contributed by atoms with Crippen LogP contribution in [-0.2, 0) is 0 Å². The second-order valence-corrected chi connectivity index (χ2v) is 4.37. The third-order valence-electron chi connectivity index (χ3n) is 2.86. The highest BCUT2D eigenvalue weighted by molar-refractivity contribution is 5.70. The Labute approximate surface area is 101 Å². The predicted octanol–water partition coefficient (Wildman–Crippen LogP) is 1.84. The number of carbonyl (C=O) groups excluding carboxylic acids is 1. The Balaban J connectivity index is 1.84. The molecule has 1 heterocycles. The highest BCUT2D eigenvalue weighted by Gasteiger charge is 2.16. The number of hydrogen-bond donors (Lipinski definition) is 2. The summed E-state index contributed by atoms with van der Waals surface area (Å²) in [5.41, 5.74) is 1.08. The van der Waals surface area contributed by atoms with Gasteiger partial charge in [-0.25, -0.2) is 4.79 Å². The number of benzene rings is 1. The zero-order valence-electron chi connectivity index (χ0n) is 10.0. The Bertz CT molecular complexity index is 387. The van der Waals surface area contributed by atoms with Gasteiger partial charge in [0.2, 0.25) is 0 Å². The molecule has 4 heteroatoms. The van der Waals surface area contributed by atoms with Crippen LogP contribution in [-0.4, -0.2) is 25.2 Å². The maximum Gasteiger partial charge on any atom is 0.412 e. The molecule has 1 aromatic carbocycles. The third-order valence-corrected chi connectivity index (χ3v) is 2.86. The van der Waals surface area contributed by atoms with Gasteiger partial charge >= 0.3 is 6.09 Å². The van der Waals surface area contributed by atoms with E-state index < -0.39 is 0 Å². The molecule has 1 saturated heterocycles. The lowest BCUT2D eigenvalue weighted by Crippen LogP contribution is -2.43. The van der Waals surface area contributed by atoms with Crippen molar-refractivity contribution < 1.29 is 9.53 Å². The minimum absolute atomic E-state index is 0.230. The molecule has 0 saturated carbocycles. The first-order valence-corrected chi connectivity index (χ1v) is 6.00. The Morgan fingerprint density at radius 3 is 2.88 bits per heavy atom. The molecule has 1 aromatic rings. The number of amides is 1. The maximum absolute atomic E-state index is 11.6. The predicted molar refractivity (Wildman–Crippen MR) is 66.2 cm³/mol. The lowest BCUT2D eigenvalue weighted by molar-refractivity contribution is 0.193. The van der Waals surface area contributed by atoms with Crippen LogP contribution in [0, 0.1) is 6.92 Å². The second kappa shape index (κ2) is 5.68. The molecule has 1 aliphatic rings. The van der Waals surface area contributed by atoms with Crippen molar-refractivity contribution in [3.63, 3.8) is 0 Å². The average molecular weight is 234 g/mol. The number of nitrogens with one attached hydrogen (secondary N) is 2. The summed E-state index contributed by atoms with van der Waals surface area (Å²) in [6.07, 6.45) is 1.56. The SMILES string of the molecule is Cc1cccc(OC(=O)NC2CCNCC2)c1. The van der Waals surface area contributed by atoms with Crippen LogP contribution < -0.4 is 15.4 Å². The van der Waals surface area contributed by atoms with Crippen molar-refractivity contribution in [2.45, 2.75) is 25.8 Å². The van der Waals surface area contributed by atoms with E-state index in [2.05, 4.69) is 10.6 Å². The van der Waals surface area contributed by atoms with Crippen molar-refractivity contribution in [3.05, 3.63) is 29.8 Å². The molecule has 2 N–H and O–H groups in total. The van der Waals surface area contributed by atoms with Crippen LogP contribution in [0.2, 0.25) is 0 Å². The minimum Gasteiger partial charge on any atom is -0.410 e. The highest BCUT2D eigenvalue weighted by atomic mass is 16.6. The lowest BCUT2D eigenvalue weighted by atomic mass is 10.1. The van der Waals surface area contributed by atoms with Gasteiger partial charge in [-0.05, 0) is 50.6 Å². The van der Waals surface area contributed by atoms with Crippen molar-refractivity contribution >= 4 is 6.09 Å². The summed E-state index contributed by atoms with van der Waals surface area (Å²) in [6.45, 7) is 3.88. The van der Waals surface area contributed by atoms with Crippen molar-refractivity contribution in [1.29, 1.82) is 0 Å². The van der Waals surface area contributed by atoms with Gasteiger partial charge in [-0.2, -0.15) is 0 Å². The van der Waals surface area contributed by atoms with E-state index in [0.29, 0.717) is 5.75 Å². The molecule has 0 aliphatic carbocycles. The summed E-state index contributed by atoms with van der Waals surface area (Å²) in [5.74, 6) is 0.594. The van der Waals surface area contributed by atoms with Crippen LogP contribution in [0.3, 0.4) is 0 Å². The molecule has 0 spiro atoms. The molecular weight excluding hydrogens is 216 g/mol. The summed E-state index contributed by atoms with van der Waals surface area (Å²) >= 11 is 0. The molecule has 17 heavy (non-hydrogen) atoms. The van der Waals surface area contributed by atoms with Gasteiger partial charge in [0.15, 0.2) is 0 Å². The second-order valence-electron chi connectivity index (χ2n) is 4.37. The van der Waals surface area contributed by atoms with E-state index in [4.69, 9.17) is 4.74 Å². The van der Waals surface area contributed by atoms with E-state index in [1.165, 1.54) is 0 Å². The fraction of sp³-hybridized carbons (Fsp3) is 0.462. The molecule has 1 aliphatic heterocycles. The first-order chi connectivity index (χ1) is 8.24. The van der Waals surface area contributed by atoms with Crippen LogP contribution in [0.15, 0.2) is 24.3 Å². The number of carbonyl (C=O) groups is 1. The van der Waals surface area contributed by atoms with Gasteiger partial charge in [0.25, 0.3) is 0 Å². The van der Waals surface area contributed by atoms with Gasteiger partial charge in [-0.3, -0.25) is 0 Å². The van der Waals surface area contributed by atoms with Crippen molar-refractivity contribution in [3.8, 4) is 5.75 Å². The van der Waals surface area contributed by atoms with Gasteiger partial charge in [-0.15, -0.1) is 0 Å². The Morgan fingerprint density at radius 1 is 1.41 bits per heavy atom. The number of ether oxygens (including phenoxy) is 1. The monoisotopic (exact) mass is 234 g/mol. The largest absolute Gasteiger partial charge is 0.412 e. The minimum atomic E-state index is -0.359. The molecule has 4 nitrogen and oxygen atoms in total. The van der Waals surface area contributed by atoms with Gasteiger partial charge in [-0.1, -0.05) is 12.1 Å². The van der Waals surface area contributed by atoms with Gasteiger partial charge < -0.3 is 15.4 Å². The first-order valence-electron chi connectivity index (χ1n) is 6.00. The fourth-order valence-corrected chi connectivity index (χ4v) is 1.95. The topological polar surface area (TPSA) is 50.4 Å². The summed E-state index contributed by atoms with van der Waals surface area (Å²) in [5, 5.41) is 6.14. The molecule has 0 aromatic heterocycles. The van der Waals surface area contributed by atoms with Gasteiger partial charge in [0, 0.05) is 6.04 Å². The average Bonchev–Trinajstić information content (AvgIpc) is 2.30. The van der Waals surface area contributed by atoms with E-state index in [9.17, 15) is 4.79 Å². The van der Waals surface area contributed by atoms with Crippen molar-refractivity contribution in [2.75, 3.05) is 13.1 Å². The summed E-state index contributed by atoms with van der Waals surface area (Å²) in [4.78, 5) is 11.6. The van der Waals surface area contributed by atoms with E-state index in [1.807, 2.05) is 25.1 Å². The molecule has 0 bridgehead atoms. The smallest absolute Gasteiger partial charge is 0.410 e. The maximum atomic E-state index is 11.6. The molecule has 0 unspecified atom stereocenters. The van der Waals surface area contributed by atoms with Crippen LogP contribution in [0.25, 0.3) is 0 Å². The van der Waals surface area contributed by atoms with Crippen molar-refractivity contribution in [1.82, 2.24) is 10.6 Å². The number of rotatable bonds is 2. The van der Waals surface area contributed by atoms with E-state index in [0.717, 1.165) is 31.5 Å². The van der Waals surface area contributed by atoms with Crippen LogP contribution in [0.5, 0.6) is 5.75 Å². The standard InChI is InChI=1S/C13H18N2O2/c1-10-3-2-4-12(9-10)17-13(16)15-11-5-7-14-8-6-11/h2-4,9,11,14H,5-8H2,1H3,(H,15,16). The zero-order chi connectivity index (χ0) is 12.1. The van der Waals surface area contributed by atoms with Gasteiger partial charge in [0.1, 0.15) is 5.75 Å². The Kier molecular flexibility index (Phi) is 3.98. The quantitative estimate of drug-likeness (QED) is 0.821. The van der Waals surface area contributed by atoms with Crippen LogP contribution in [0.1, 0.15) is 18.4 Å². The van der Waals surface area contributed by atoms with E-state index in [-0.39, 0.29) is 12.1 Å².